The van der Waals surface area contributed by atoms with Crippen LogP contribution >= 0.6 is 15.6 Å². The van der Waals surface area contributed by atoms with Crippen LogP contribution in [0.2, 0.25) is 0 Å². The molecule has 0 saturated heterocycles. The highest BCUT2D eigenvalue weighted by molar-refractivity contribution is 7.47. The van der Waals surface area contributed by atoms with Crippen LogP contribution in [0.3, 0.4) is 0 Å². The number of aliphatic hydroxyl groups is 1. The summed E-state index contributed by atoms with van der Waals surface area (Å²) in [6, 6.07) is 0. The van der Waals surface area contributed by atoms with Crippen LogP contribution in [0.15, 0.2) is 134 Å². The van der Waals surface area contributed by atoms with Gasteiger partial charge >= 0.3 is 39.5 Å². The van der Waals surface area contributed by atoms with Crippen molar-refractivity contribution in [3.63, 3.8) is 0 Å². The van der Waals surface area contributed by atoms with Crippen LogP contribution in [-0.4, -0.2) is 96.7 Å². The molecule has 0 aliphatic carbocycles. The van der Waals surface area contributed by atoms with Crippen molar-refractivity contribution in [2.45, 2.75) is 303 Å². The molecule has 5 unspecified atom stereocenters. The third-order valence-electron chi connectivity index (χ3n) is 15.1. The molecular formula is C79H132O17P2. The molecule has 0 amide bonds. The molecule has 0 spiro atoms. The summed E-state index contributed by atoms with van der Waals surface area (Å²) in [5, 5.41) is 10.6. The van der Waals surface area contributed by atoms with E-state index < -0.39 is 97.5 Å². The zero-order chi connectivity index (χ0) is 71.8. The second-order valence-corrected chi connectivity index (χ2v) is 27.4. The van der Waals surface area contributed by atoms with Gasteiger partial charge in [-0.1, -0.05) is 258 Å². The summed E-state index contributed by atoms with van der Waals surface area (Å²) in [7, 11) is -9.99. The number of ether oxygens (including phenoxy) is 4. The van der Waals surface area contributed by atoms with Gasteiger partial charge in [0, 0.05) is 19.3 Å². The van der Waals surface area contributed by atoms with E-state index in [1.807, 2.05) is 18.2 Å². The van der Waals surface area contributed by atoms with Crippen molar-refractivity contribution in [1.82, 2.24) is 0 Å². The Bertz CT molecular complexity index is 2380. The predicted octanol–water partition coefficient (Wildman–Crippen LogP) is 21.3. The molecule has 0 aromatic rings. The Hall–Kier alpha value is -4.80. The molecule has 0 bridgehead atoms. The van der Waals surface area contributed by atoms with Gasteiger partial charge in [-0.25, -0.2) is 9.13 Å². The Kier molecular flexibility index (Phi) is 67.2. The molecule has 0 saturated carbocycles. The number of unbranched alkanes of at least 4 members (excludes halogenated alkanes) is 22. The van der Waals surface area contributed by atoms with Gasteiger partial charge in [0.1, 0.15) is 19.3 Å². The fourth-order valence-corrected chi connectivity index (χ4v) is 11.0. The van der Waals surface area contributed by atoms with Crippen LogP contribution in [0, 0.1) is 0 Å². The van der Waals surface area contributed by atoms with Crippen LogP contribution in [0.25, 0.3) is 0 Å². The quantitative estimate of drug-likeness (QED) is 0.0169. The lowest BCUT2D eigenvalue weighted by atomic mass is 10.1. The monoisotopic (exact) mass is 1410 g/mol. The summed E-state index contributed by atoms with van der Waals surface area (Å²) in [4.78, 5) is 72.7. The molecule has 17 nitrogen and oxygen atoms in total. The van der Waals surface area contributed by atoms with E-state index in [1.54, 1.807) is 6.08 Å². The second kappa shape index (κ2) is 70.6. The number of carbonyl (C=O) groups excluding carboxylic acids is 4. The number of phosphoric acid groups is 2. The Morgan fingerprint density at radius 1 is 0.306 bits per heavy atom. The van der Waals surface area contributed by atoms with E-state index in [1.165, 1.54) is 38.5 Å². The molecule has 19 heteroatoms. The highest BCUT2D eigenvalue weighted by Crippen LogP contribution is 2.45. The minimum Gasteiger partial charge on any atom is -0.462 e. The lowest BCUT2D eigenvalue weighted by molar-refractivity contribution is -0.161. The van der Waals surface area contributed by atoms with E-state index in [9.17, 15) is 43.2 Å². The highest BCUT2D eigenvalue weighted by Gasteiger charge is 2.30. The first-order valence-corrected chi connectivity index (χ1v) is 40.4. The minimum atomic E-state index is -5.00. The van der Waals surface area contributed by atoms with Crippen molar-refractivity contribution in [2.75, 3.05) is 39.6 Å². The summed E-state index contributed by atoms with van der Waals surface area (Å²) in [6.45, 7) is 4.40. The number of hydrogen-bond donors (Lipinski definition) is 3. The zero-order valence-corrected chi connectivity index (χ0v) is 62.7. The van der Waals surface area contributed by atoms with Gasteiger partial charge in [-0.3, -0.25) is 37.3 Å². The first kappa shape index (κ1) is 93.2. The minimum absolute atomic E-state index is 0.0556. The average Bonchev–Trinajstić information content (AvgIpc) is 0.959. The first-order valence-electron chi connectivity index (χ1n) is 37.4. The van der Waals surface area contributed by atoms with Crippen LogP contribution in [-0.2, 0) is 65.4 Å². The van der Waals surface area contributed by atoms with Gasteiger partial charge in [-0.15, -0.1) is 0 Å². The van der Waals surface area contributed by atoms with Crippen LogP contribution in [0.4, 0.5) is 0 Å². The predicted molar refractivity (Wildman–Crippen MR) is 399 cm³/mol. The normalized spacial score (nSPS) is 14.7. The molecule has 0 fully saturated rings. The maximum atomic E-state index is 13.1. The highest BCUT2D eigenvalue weighted by atomic mass is 31.2. The maximum Gasteiger partial charge on any atom is 0.472 e. The van der Waals surface area contributed by atoms with E-state index in [4.69, 9.17) is 37.0 Å². The van der Waals surface area contributed by atoms with Crippen LogP contribution in [0.5, 0.6) is 0 Å². The molecule has 5 atom stereocenters. The Labute approximate surface area is 593 Å². The largest absolute Gasteiger partial charge is 0.472 e. The lowest BCUT2D eigenvalue weighted by Crippen LogP contribution is -2.30. The molecule has 0 aromatic carbocycles. The number of esters is 4. The fraction of sp³-hybridized carbons (Fsp3) is 0.671. The van der Waals surface area contributed by atoms with Crippen molar-refractivity contribution >= 4 is 39.5 Å². The molecule has 98 heavy (non-hydrogen) atoms. The molecule has 0 heterocycles. The van der Waals surface area contributed by atoms with Crippen LogP contribution < -0.4 is 0 Å². The molecule has 0 rings (SSSR count). The van der Waals surface area contributed by atoms with Gasteiger partial charge in [-0.2, -0.15) is 0 Å². The number of carbonyl (C=O) groups is 4. The second-order valence-electron chi connectivity index (χ2n) is 24.5. The number of phosphoric ester groups is 2. The number of aliphatic hydroxyl groups excluding tert-OH is 1. The number of hydrogen-bond acceptors (Lipinski definition) is 15. The summed E-state index contributed by atoms with van der Waals surface area (Å²) in [6.07, 6.45) is 77.6. The van der Waals surface area contributed by atoms with Gasteiger partial charge in [0.25, 0.3) is 0 Å². The molecule has 0 radical (unpaired) electrons. The first-order chi connectivity index (χ1) is 47.7. The molecule has 0 aromatic heterocycles. The van der Waals surface area contributed by atoms with E-state index in [2.05, 4.69) is 137 Å². The van der Waals surface area contributed by atoms with E-state index >= 15 is 0 Å². The summed E-state index contributed by atoms with van der Waals surface area (Å²) < 4.78 is 68.3. The Balaban J connectivity index is 5.44. The van der Waals surface area contributed by atoms with Crippen molar-refractivity contribution in [1.29, 1.82) is 0 Å². The van der Waals surface area contributed by atoms with Crippen molar-refractivity contribution in [2.24, 2.45) is 0 Å². The van der Waals surface area contributed by atoms with Gasteiger partial charge < -0.3 is 33.8 Å². The van der Waals surface area contributed by atoms with Crippen molar-refractivity contribution in [3.05, 3.63) is 134 Å². The summed E-state index contributed by atoms with van der Waals surface area (Å²) >= 11 is 0. The van der Waals surface area contributed by atoms with Gasteiger partial charge in [0.05, 0.1) is 32.8 Å². The standard InChI is InChI=1S/C79H132O17P2/c1-5-9-13-17-21-25-29-33-36-40-43-47-51-55-59-63-76(81)89-69-74(95-78(83)65-61-57-53-49-45-39-32-28-24-20-16-12-8-4)71-93-97(85,86)91-67-73(80)68-92-98(87,88)94-72-75(96-79(84)66-62-58-54-50-46-42-38-35-31-27-23-19-15-11-7-3)70-90-77(82)64-60-56-52-48-44-41-37-34-30-26-22-18-14-10-6-2/h9-10,13-14,16,20-22,25-26,28,32-38,43,47,55,59,73-75,80H,5-8,11-12,15,17-19,23-24,27,29-31,39-42,44-46,48-54,56-58,60-72H2,1-4H3,(H,85,86)(H,87,88)/b13-9-,14-10-,20-16-,25-21-,26-22-,32-28-,36-33-,37-34-,38-35-,47-43-,59-55-. The SMILES string of the molecule is CC/C=C\C/C=C\C/C=C\C/C=C\C/C=C\CC(=O)OCC(COP(=O)(O)OCC(O)COP(=O)(O)OCC(COC(=O)CCCCCCC/C=C\C/C=C\C/C=C\CC)OC(=O)CCCCCCC/C=C\CCCCCCCC)OC(=O)CCCCCCC/C=C\C/C=C\CCC. The summed E-state index contributed by atoms with van der Waals surface area (Å²) in [5.41, 5.74) is 0. The Morgan fingerprint density at radius 3 is 0.959 bits per heavy atom. The van der Waals surface area contributed by atoms with Crippen molar-refractivity contribution in [3.8, 4) is 0 Å². The number of allylic oxidation sites excluding steroid dienone is 21. The molecule has 0 aliphatic rings. The third kappa shape index (κ3) is 69.7. The zero-order valence-electron chi connectivity index (χ0n) is 60.9. The maximum absolute atomic E-state index is 13.1. The van der Waals surface area contributed by atoms with E-state index in [0.29, 0.717) is 25.7 Å². The average molecular weight is 1420 g/mol. The van der Waals surface area contributed by atoms with Gasteiger partial charge in [-0.05, 0) is 135 Å². The van der Waals surface area contributed by atoms with Crippen LogP contribution in [0.1, 0.15) is 285 Å². The van der Waals surface area contributed by atoms with E-state index in [-0.39, 0.29) is 25.7 Å². The molecule has 3 N–H and O–H groups in total. The molecular weight excluding hydrogens is 1280 g/mol. The Morgan fingerprint density at radius 2 is 0.592 bits per heavy atom. The number of rotatable bonds is 69. The van der Waals surface area contributed by atoms with Crippen molar-refractivity contribution < 1.29 is 80.2 Å². The topological polar surface area (TPSA) is 237 Å². The smallest absolute Gasteiger partial charge is 0.462 e. The van der Waals surface area contributed by atoms with Gasteiger partial charge in [0.15, 0.2) is 12.2 Å². The van der Waals surface area contributed by atoms with Gasteiger partial charge in [0.2, 0.25) is 0 Å². The van der Waals surface area contributed by atoms with E-state index in [0.717, 1.165) is 167 Å². The molecule has 0 aliphatic heterocycles. The fourth-order valence-electron chi connectivity index (χ4n) is 9.46. The third-order valence-corrected chi connectivity index (χ3v) is 17.0. The summed E-state index contributed by atoms with van der Waals surface area (Å²) in [5.74, 6) is -2.37. The lowest BCUT2D eigenvalue weighted by Gasteiger charge is -2.21. The molecule has 560 valence electrons.